The number of unbranched alkanes of at least 4 members (excludes halogenated alkanes) is 44. The van der Waals surface area contributed by atoms with Crippen LogP contribution in [0.5, 0.6) is 0 Å². The number of aliphatic hydroxyl groups excluding tert-OH is 11. The molecule has 3 aliphatic heterocycles. The van der Waals surface area contributed by atoms with Crippen LogP contribution in [0.2, 0.25) is 0 Å². The summed E-state index contributed by atoms with van der Waals surface area (Å²) in [6, 6.07) is -0.990. The quantitative estimate of drug-likeness (QED) is 0.0199. The van der Waals surface area contributed by atoms with E-state index in [1.165, 1.54) is 257 Å². The van der Waals surface area contributed by atoms with E-state index in [1.54, 1.807) is 6.08 Å². The molecule has 17 unspecified atom stereocenters. The van der Waals surface area contributed by atoms with Gasteiger partial charge in [-0.15, -0.1) is 0 Å². The number of ether oxygens (including phenoxy) is 6. The van der Waals surface area contributed by atoms with Gasteiger partial charge in [-0.2, -0.15) is 0 Å². The summed E-state index contributed by atoms with van der Waals surface area (Å²) in [5, 5.41) is 121. The van der Waals surface area contributed by atoms with Crippen LogP contribution in [0.25, 0.3) is 0 Å². The number of hydrogen-bond acceptors (Lipinski definition) is 18. The van der Waals surface area contributed by atoms with Crippen molar-refractivity contribution in [2.75, 3.05) is 26.4 Å². The van der Waals surface area contributed by atoms with Crippen LogP contribution in [0.4, 0.5) is 0 Å². The Morgan fingerprint density at radius 1 is 0.357 bits per heavy atom. The first-order valence-electron chi connectivity index (χ1n) is 40.2. The van der Waals surface area contributed by atoms with E-state index >= 15 is 0 Å². The van der Waals surface area contributed by atoms with Gasteiger partial charge in [0.15, 0.2) is 18.9 Å². The summed E-state index contributed by atoms with van der Waals surface area (Å²) in [6.07, 6.45) is 47.1. The van der Waals surface area contributed by atoms with E-state index in [2.05, 4.69) is 43.5 Å². The van der Waals surface area contributed by atoms with Gasteiger partial charge in [0.25, 0.3) is 0 Å². The molecular weight excluding hydrogens is 1250 g/mol. The normalized spacial score (nSPS) is 26.9. The molecule has 19 nitrogen and oxygen atoms in total. The fourth-order valence-electron chi connectivity index (χ4n) is 13.7. The maximum absolute atomic E-state index is 13.5. The molecule has 17 atom stereocenters. The molecule has 1 amide bonds. The van der Waals surface area contributed by atoms with Gasteiger partial charge in [-0.1, -0.05) is 301 Å². The number of carbonyl (C=O) groups is 1. The van der Waals surface area contributed by atoms with Crippen molar-refractivity contribution in [3.05, 3.63) is 36.5 Å². The first kappa shape index (κ1) is 90.2. The molecule has 3 aliphatic rings. The lowest BCUT2D eigenvalue weighted by Crippen LogP contribution is -2.66. The summed E-state index contributed by atoms with van der Waals surface area (Å²) in [6.45, 7) is 1.77. The number of rotatable bonds is 64. The summed E-state index contributed by atoms with van der Waals surface area (Å²) in [5.41, 5.74) is 0. The first-order chi connectivity index (χ1) is 47.8. The van der Waals surface area contributed by atoms with Crippen molar-refractivity contribution in [1.82, 2.24) is 5.32 Å². The molecule has 3 fully saturated rings. The molecule has 19 heteroatoms. The van der Waals surface area contributed by atoms with Gasteiger partial charge in [0.1, 0.15) is 73.2 Å². The van der Waals surface area contributed by atoms with Crippen LogP contribution in [0.15, 0.2) is 36.5 Å². The molecule has 3 rings (SSSR count). The second-order valence-electron chi connectivity index (χ2n) is 28.9. The second kappa shape index (κ2) is 60.3. The first-order valence-corrected chi connectivity index (χ1v) is 40.2. The van der Waals surface area contributed by atoms with Crippen molar-refractivity contribution in [2.24, 2.45) is 0 Å². The second-order valence-corrected chi connectivity index (χ2v) is 28.9. The molecule has 0 aliphatic carbocycles. The zero-order valence-corrected chi connectivity index (χ0v) is 61.5. The summed E-state index contributed by atoms with van der Waals surface area (Å²) in [5.74, 6) is -0.280. The zero-order valence-electron chi connectivity index (χ0n) is 61.5. The topological polar surface area (TPSA) is 307 Å². The lowest BCUT2D eigenvalue weighted by molar-refractivity contribution is -0.379. The highest BCUT2D eigenvalue weighted by Gasteiger charge is 2.54. The van der Waals surface area contributed by atoms with Crippen molar-refractivity contribution in [1.29, 1.82) is 0 Å². The average Bonchev–Trinajstić information content (AvgIpc) is 0.785. The van der Waals surface area contributed by atoms with E-state index in [-0.39, 0.29) is 18.9 Å². The Balaban J connectivity index is 1.39. The van der Waals surface area contributed by atoms with Crippen molar-refractivity contribution in [2.45, 2.75) is 433 Å². The minimum Gasteiger partial charge on any atom is -0.394 e. The molecule has 3 saturated heterocycles. The van der Waals surface area contributed by atoms with Gasteiger partial charge in [-0.3, -0.25) is 4.79 Å². The lowest BCUT2D eigenvalue weighted by Gasteiger charge is -2.48. The maximum atomic E-state index is 13.5. The van der Waals surface area contributed by atoms with Crippen molar-refractivity contribution in [3.8, 4) is 0 Å². The van der Waals surface area contributed by atoms with Crippen LogP contribution in [0.3, 0.4) is 0 Å². The molecule has 0 aromatic rings. The van der Waals surface area contributed by atoms with Gasteiger partial charge in [0, 0.05) is 6.42 Å². The van der Waals surface area contributed by atoms with E-state index in [1.807, 2.05) is 6.08 Å². The van der Waals surface area contributed by atoms with E-state index < -0.39 is 124 Å². The van der Waals surface area contributed by atoms with Gasteiger partial charge >= 0.3 is 0 Å². The Kier molecular flexibility index (Phi) is 55.5. The molecule has 0 saturated carbocycles. The number of amides is 1. The number of nitrogens with one attached hydrogen (secondary N) is 1. The maximum Gasteiger partial charge on any atom is 0.220 e. The fourth-order valence-corrected chi connectivity index (χ4v) is 13.7. The highest BCUT2D eigenvalue weighted by Crippen LogP contribution is 2.33. The third kappa shape index (κ3) is 40.3. The minimum absolute atomic E-state index is 0.238. The number of allylic oxidation sites excluding steroid dienone is 5. The molecule has 3 heterocycles. The van der Waals surface area contributed by atoms with Gasteiger partial charge in [0.05, 0.1) is 38.6 Å². The Bertz CT molecular complexity index is 1910. The molecule has 12 N–H and O–H groups in total. The SMILES string of the molecule is CCCCCCCCCC/C=C\CCCCCCCCCCCCCCCCCC(=O)NC(COC1OC(CO)C(OC2OC(CO)C(OC3OC(CO)C(O)C(O)C3O)C(O)C2O)C(O)C1O)C(O)/C=C/CC/C=C/CCCCCCCCCCCCCCCCCCCCCC. The molecule has 0 aromatic carbocycles. The van der Waals surface area contributed by atoms with Crippen LogP contribution in [0, 0.1) is 0 Å². The Morgan fingerprint density at radius 3 is 1.02 bits per heavy atom. The van der Waals surface area contributed by atoms with Crippen molar-refractivity contribution >= 4 is 5.91 Å². The van der Waals surface area contributed by atoms with E-state index in [0.717, 1.165) is 38.5 Å². The Hall–Kier alpha value is -1.99. The highest BCUT2D eigenvalue weighted by atomic mass is 16.8. The number of hydrogen-bond donors (Lipinski definition) is 12. The van der Waals surface area contributed by atoms with Crippen LogP contribution in [-0.2, 0) is 33.2 Å². The van der Waals surface area contributed by atoms with Crippen LogP contribution in [-0.4, -0.2) is 193 Å². The summed E-state index contributed by atoms with van der Waals surface area (Å²) < 4.78 is 34.4. The van der Waals surface area contributed by atoms with E-state index in [0.29, 0.717) is 12.8 Å². The van der Waals surface area contributed by atoms with Gasteiger partial charge in [0.2, 0.25) is 5.91 Å². The smallest absolute Gasteiger partial charge is 0.220 e. The standard InChI is InChI=1S/C79H147NO18/c1-3-5-7-9-11-13-15-17-19-21-23-25-27-29-31-33-35-37-39-41-43-45-47-49-51-53-55-57-67(85)80-62(63(84)56-54-52-50-48-46-44-42-40-38-36-34-32-30-28-26-24-22-20-18-16-14-12-10-8-6-4-2)61-93-77-73(91)70(88)75(65(59-82)95-77)98-79-74(92)71(89)76(66(60-83)96-79)97-78-72(90)69(87)68(86)64(58-81)94-78/h21,23,46,48,54,56,62-66,68-79,81-84,86-92H,3-20,22,24-45,47,49-53,55,57-61H2,1-2H3,(H,80,85)/b23-21-,48-46+,56-54+. The molecule has 576 valence electrons. The van der Waals surface area contributed by atoms with E-state index in [9.17, 15) is 61.0 Å². The van der Waals surface area contributed by atoms with Gasteiger partial charge in [-0.25, -0.2) is 0 Å². The fraction of sp³-hybridized carbons (Fsp3) is 0.911. The average molecular weight is 1400 g/mol. The largest absolute Gasteiger partial charge is 0.394 e. The third-order valence-corrected chi connectivity index (χ3v) is 20.2. The van der Waals surface area contributed by atoms with Gasteiger partial charge in [-0.05, 0) is 57.8 Å². The predicted molar refractivity (Wildman–Crippen MR) is 388 cm³/mol. The monoisotopic (exact) mass is 1400 g/mol. The predicted octanol–water partition coefficient (Wildman–Crippen LogP) is 13.1. The van der Waals surface area contributed by atoms with Crippen LogP contribution in [0.1, 0.15) is 328 Å². The molecule has 98 heavy (non-hydrogen) atoms. The minimum atomic E-state index is -1.98. The zero-order chi connectivity index (χ0) is 71.1. The van der Waals surface area contributed by atoms with Crippen LogP contribution >= 0.6 is 0 Å². The van der Waals surface area contributed by atoms with Crippen LogP contribution < -0.4 is 5.32 Å². The molecule has 0 bridgehead atoms. The Morgan fingerprint density at radius 2 is 0.653 bits per heavy atom. The summed E-state index contributed by atoms with van der Waals surface area (Å²) in [4.78, 5) is 13.5. The summed E-state index contributed by atoms with van der Waals surface area (Å²) in [7, 11) is 0. The molecule has 0 spiro atoms. The van der Waals surface area contributed by atoms with E-state index in [4.69, 9.17) is 28.4 Å². The molecule has 0 aromatic heterocycles. The lowest BCUT2D eigenvalue weighted by atomic mass is 9.96. The number of carbonyl (C=O) groups excluding carboxylic acids is 1. The summed E-state index contributed by atoms with van der Waals surface area (Å²) >= 11 is 0. The molecule has 0 radical (unpaired) electrons. The number of aliphatic hydroxyl groups is 11. The Labute approximate surface area is 593 Å². The molecular formula is C79H147NO18. The highest BCUT2D eigenvalue weighted by molar-refractivity contribution is 5.76. The van der Waals surface area contributed by atoms with Crippen molar-refractivity contribution < 1.29 is 89.4 Å². The third-order valence-electron chi connectivity index (χ3n) is 20.2. The van der Waals surface area contributed by atoms with Gasteiger partial charge < -0.3 is 89.9 Å². The van der Waals surface area contributed by atoms with Crippen molar-refractivity contribution in [3.63, 3.8) is 0 Å².